The molecule has 1 heterocycles. The Morgan fingerprint density at radius 1 is 0.912 bits per heavy atom. The van der Waals surface area contributed by atoms with Crippen molar-refractivity contribution in [1.29, 1.82) is 0 Å². The number of hydrazone groups is 1. The molecule has 0 saturated carbocycles. The molecule has 2 N–H and O–H groups in total. The van der Waals surface area contributed by atoms with Gasteiger partial charge in [0, 0.05) is 5.56 Å². The maximum absolute atomic E-state index is 12.5. The van der Waals surface area contributed by atoms with Crippen LogP contribution in [0.3, 0.4) is 0 Å². The molecule has 5 aromatic rings. The lowest BCUT2D eigenvalue weighted by Crippen LogP contribution is -2.17. The fourth-order valence-corrected chi connectivity index (χ4v) is 3.72. The fourth-order valence-electron chi connectivity index (χ4n) is 3.72. The number of carbonyl (C=O) groups excluding carboxylic acids is 1. The number of fused-ring (bicyclic) bond motifs is 1. The predicted molar refractivity (Wildman–Crippen MR) is 134 cm³/mol. The number of aromatic amines is 1. The van der Waals surface area contributed by atoms with E-state index in [1.807, 2.05) is 72.8 Å². The minimum absolute atomic E-state index is 0.309. The van der Waals surface area contributed by atoms with Crippen LogP contribution in [0.4, 0.5) is 0 Å². The van der Waals surface area contributed by atoms with Gasteiger partial charge in [-0.3, -0.25) is 9.89 Å². The number of rotatable bonds is 7. The fraction of sp³-hybridized carbons (Fsp3) is 0.0357. The third kappa shape index (κ3) is 4.71. The van der Waals surface area contributed by atoms with Crippen molar-refractivity contribution >= 4 is 22.9 Å². The second-order valence-electron chi connectivity index (χ2n) is 7.70. The quantitative estimate of drug-likeness (QED) is 0.253. The first-order valence-corrected chi connectivity index (χ1v) is 10.9. The highest BCUT2D eigenvalue weighted by Gasteiger charge is 2.14. The van der Waals surface area contributed by atoms with Gasteiger partial charge in [0.25, 0.3) is 5.91 Å². The zero-order chi connectivity index (χ0) is 23.2. The van der Waals surface area contributed by atoms with Gasteiger partial charge in [-0.1, -0.05) is 84.9 Å². The molecule has 1 amide bonds. The largest absolute Gasteiger partial charge is 0.488 e. The molecule has 0 bridgehead atoms. The van der Waals surface area contributed by atoms with E-state index in [2.05, 4.69) is 45.0 Å². The zero-order valence-electron chi connectivity index (χ0n) is 18.3. The van der Waals surface area contributed by atoms with Gasteiger partial charge in [-0.15, -0.1) is 0 Å². The van der Waals surface area contributed by atoms with Crippen molar-refractivity contribution in [1.82, 2.24) is 15.6 Å². The summed E-state index contributed by atoms with van der Waals surface area (Å²) in [4.78, 5) is 12.5. The molecule has 0 atom stereocenters. The summed E-state index contributed by atoms with van der Waals surface area (Å²) in [5, 5.41) is 13.5. The Hall–Kier alpha value is -4.71. The number of nitrogens with one attached hydrogen (secondary N) is 2. The summed E-state index contributed by atoms with van der Waals surface area (Å²) in [6.45, 7) is 0.421. The first-order valence-electron chi connectivity index (χ1n) is 10.9. The molecule has 34 heavy (non-hydrogen) atoms. The van der Waals surface area contributed by atoms with E-state index in [0.717, 1.165) is 22.1 Å². The zero-order valence-corrected chi connectivity index (χ0v) is 18.3. The normalized spacial score (nSPS) is 11.1. The molecule has 0 fully saturated rings. The Kier molecular flexibility index (Phi) is 6.12. The van der Waals surface area contributed by atoms with E-state index in [1.54, 1.807) is 12.3 Å². The number of nitrogens with zero attached hydrogens (tertiary/aromatic N) is 2. The lowest BCUT2D eigenvalue weighted by molar-refractivity contribution is 0.0950. The Labute approximate surface area is 196 Å². The van der Waals surface area contributed by atoms with Gasteiger partial charge in [-0.05, 0) is 40.1 Å². The summed E-state index contributed by atoms with van der Waals surface area (Å²) in [6, 6.07) is 33.3. The monoisotopic (exact) mass is 446 g/mol. The number of hydrogen-bond acceptors (Lipinski definition) is 4. The Bertz CT molecular complexity index is 1450. The minimum Gasteiger partial charge on any atom is -0.488 e. The molecule has 166 valence electrons. The average Bonchev–Trinajstić information content (AvgIpc) is 3.39. The minimum atomic E-state index is -0.375. The highest BCUT2D eigenvalue weighted by atomic mass is 16.5. The second-order valence-corrected chi connectivity index (χ2v) is 7.70. The van der Waals surface area contributed by atoms with Gasteiger partial charge >= 0.3 is 0 Å². The molecule has 0 unspecified atom stereocenters. The molecule has 0 radical (unpaired) electrons. The summed E-state index contributed by atoms with van der Waals surface area (Å²) in [5.74, 6) is 0.316. The number of H-pyrrole nitrogens is 1. The second kappa shape index (κ2) is 9.83. The van der Waals surface area contributed by atoms with Crippen LogP contribution in [0, 0.1) is 0 Å². The molecule has 0 aliphatic rings. The van der Waals surface area contributed by atoms with Gasteiger partial charge in [-0.2, -0.15) is 10.2 Å². The number of ether oxygens (including phenoxy) is 1. The highest BCUT2D eigenvalue weighted by molar-refractivity contribution is 5.94. The first-order chi connectivity index (χ1) is 16.8. The van der Waals surface area contributed by atoms with Crippen molar-refractivity contribution in [2.24, 2.45) is 5.10 Å². The molecule has 4 aromatic carbocycles. The van der Waals surface area contributed by atoms with Crippen LogP contribution < -0.4 is 10.2 Å². The Morgan fingerprint density at radius 2 is 1.68 bits per heavy atom. The third-order valence-corrected chi connectivity index (χ3v) is 5.43. The maximum atomic E-state index is 12.5. The summed E-state index contributed by atoms with van der Waals surface area (Å²) >= 11 is 0. The van der Waals surface area contributed by atoms with Crippen LogP contribution in [0.1, 0.15) is 21.6 Å². The number of amides is 1. The number of para-hydroxylation sites is 1. The summed E-state index contributed by atoms with van der Waals surface area (Å²) in [6.07, 6.45) is 1.59. The topological polar surface area (TPSA) is 79.4 Å². The van der Waals surface area contributed by atoms with E-state index in [1.165, 1.54) is 5.39 Å². The van der Waals surface area contributed by atoms with Crippen molar-refractivity contribution in [3.63, 3.8) is 0 Å². The smallest absolute Gasteiger partial charge is 0.289 e. The Balaban J connectivity index is 1.31. The van der Waals surface area contributed by atoms with Crippen LogP contribution in [0.5, 0.6) is 5.75 Å². The molecule has 0 spiro atoms. The molecular weight excluding hydrogens is 424 g/mol. The number of carbonyl (C=O) groups is 1. The lowest BCUT2D eigenvalue weighted by atomic mass is 10.1. The number of hydrogen-bond donors (Lipinski definition) is 2. The van der Waals surface area contributed by atoms with E-state index in [4.69, 9.17) is 4.74 Å². The molecule has 1 aromatic heterocycles. The summed E-state index contributed by atoms with van der Waals surface area (Å²) < 4.78 is 6.19. The summed E-state index contributed by atoms with van der Waals surface area (Å²) in [5.41, 5.74) is 6.24. The van der Waals surface area contributed by atoms with Crippen molar-refractivity contribution < 1.29 is 9.53 Å². The van der Waals surface area contributed by atoms with Crippen LogP contribution in [-0.2, 0) is 6.61 Å². The van der Waals surface area contributed by atoms with Crippen LogP contribution >= 0.6 is 0 Å². The van der Waals surface area contributed by atoms with Crippen LogP contribution in [0.15, 0.2) is 108 Å². The van der Waals surface area contributed by atoms with Gasteiger partial charge in [0.1, 0.15) is 18.1 Å². The Morgan fingerprint density at radius 3 is 2.59 bits per heavy atom. The SMILES string of the molecule is O=C(N/N=C/c1ccccc1)c1cc(-c2ccccc2OCc2cccc3ccccc23)n[nH]1. The predicted octanol–water partition coefficient (Wildman–Crippen LogP) is 5.57. The van der Waals surface area contributed by atoms with E-state index < -0.39 is 0 Å². The van der Waals surface area contributed by atoms with E-state index >= 15 is 0 Å². The number of benzene rings is 4. The molecule has 0 aliphatic carbocycles. The van der Waals surface area contributed by atoms with Crippen LogP contribution in [0.2, 0.25) is 0 Å². The van der Waals surface area contributed by atoms with Gasteiger partial charge < -0.3 is 4.74 Å². The van der Waals surface area contributed by atoms with Gasteiger partial charge in [0.2, 0.25) is 0 Å². The van der Waals surface area contributed by atoms with Crippen LogP contribution in [0.25, 0.3) is 22.0 Å². The molecule has 5 rings (SSSR count). The van der Waals surface area contributed by atoms with Gasteiger partial charge in [0.05, 0.1) is 11.9 Å². The molecular formula is C28H22N4O2. The van der Waals surface area contributed by atoms with Crippen molar-refractivity contribution in [3.05, 3.63) is 120 Å². The van der Waals surface area contributed by atoms with Crippen molar-refractivity contribution in [2.45, 2.75) is 6.61 Å². The third-order valence-electron chi connectivity index (χ3n) is 5.43. The average molecular weight is 447 g/mol. The summed E-state index contributed by atoms with van der Waals surface area (Å²) in [7, 11) is 0. The van der Waals surface area contributed by atoms with E-state index in [0.29, 0.717) is 23.7 Å². The van der Waals surface area contributed by atoms with E-state index in [9.17, 15) is 4.79 Å². The molecule has 6 nitrogen and oxygen atoms in total. The first kappa shape index (κ1) is 21.2. The maximum Gasteiger partial charge on any atom is 0.289 e. The standard InChI is InChI=1S/C28H22N4O2/c33-28(32-29-18-20-9-2-1-3-10-20)26-17-25(30-31-26)24-15-6-7-16-27(24)34-19-22-13-8-12-21-11-4-5-14-23(21)22/h1-18H,19H2,(H,30,31)(H,32,33)/b29-18+. The van der Waals surface area contributed by atoms with E-state index in [-0.39, 0.29) is 5.91 Å². The molecule has 0 saturated heterocycles. The van der Waals surface area contributed by atoms with Gasteiger partial charge in [-0.25, -0.2) is 5.43 Å². The lowest BCUT2D eigenvalue weighted by Gasteiger charge is -2.12. The molecule has 0 aliphatic heterocycles. The highest BCUT2D eigenvalue weighted by Crippen LogP contribution is 2.30. The van der Waals surface area contributed by atoms with Gasteiger partial charge in [0.15, 0.2) is 0 Å². The van der Waals surface area contributed by atoms with Crippen molar-refractivity contribution in [2.75, 3.05) is 0 Å². The number of aromatic nitrogens is 2. The van der Waals surface area contributed by atoms with Crippen molar-refractivity contribution in [3.8, 4) is 17.0 Å². The molecule has 6 heteroatoms. The van der Waals surface area contributed by atoms with Crippen LogP contribution in [-0.4, -0.2) is 22.3 Å².